The van der Waals surface area contributed by atoms with Crippen LogP contribution < -0.4 is 15.2 Å². The molecule has 1 fully saturated rings. The highest BCUT2D eigenvalue weighted by molar-refractivity contribution is 7.99. The van der Waals surface area contributed by atoms with Crippen molar-refractivity contribution in [3.63, 3.8) is 0 Å². The molecule has 1 amide bonds. The van der Waals surface area contributed by atoms with E-state index in [9.17, 15) is 4.79 Å². The number of rotatable bonds is 6. The van der Waals surface area contributed by atoms with E-state index < -0.39 is 0 Å². The summed E-state index contributed by atoms with van der Waals surface area (Å²) in [5, 5.41) is 9.27. The highest BCUT2D eigenvalue weighted by Crippen LogP contribution is 2.39. The molecule has 0 aliphatic carbocycles. The minimum Gasteiger partial charge on any atom is -0.497 e. The standard InChI is InChI=1S/C19H21N5O3S/c1-26-13-5-6-16(27-2)14(8-13)15-4-3-7-24(15)17(25)11-28-19-22-10-12(9-20)18(21)23-19/h5-6,8,10,15H,3-4,7,11H2,1-2H3,(H2,21,22,23)/t15-/m1/s1. The fraction of sp³-hybridized carbons (Fsp3) is 0.368. The molecular weight excluding hydrogens is 378 g/mol. The van der Waals surface area contributed by atoms with E-state index in [1.807, 2.05) is 29.2 Å². The summed E-state index contributed by atoms with van der Waals surface area (Å²) in [7, 11) is 3.23. The Morgan fingerprint density at radius 2 is 2.25 bits per heavy atom. The van der Waals surface area contributed by atoms with E-state index in [-0.39, 0.29) is 29.1 Å². The average Bonchev–Trinajstić information content (AvgIpc) is 3.21. The van der Waals surface area contributed by atoms with Gasteiger partial charge in [-0.3, -0.25) is 4.79 Å². The molecule has 2 aromatic rings. The van der Waals surface area contributed by atoms with Gasteiger partial charge >= 0.3 is 0 Å². The van der Waals surface area contributed by atoms with Gasteiger partial charge in [-0.05, 0) is 31.0 Å². The molecule has 1 aliphatic heterocycles. The number of hydrogen-bond acceptors (Lipinski definition) is 8. The number of nitriles is 1. The van der Waals surface area contributed by atoms with Crippen molar-refractivity contribution < 1.29 is 14.3 Å². The number of anilines is 1. The van der Waals surface area contributed by atoms with Crippen LogP contribution >= 0.6 is 11.8 Å². The van der Waals surface area contributed by atoms with Gasteiger partial charge in [-0.1, -0.05) is 11.8 Å². The molecule has 0 spiro atoms. The zero-order chi connectivity index (χ0) is 20.1. The van der Waals surface area contributed by atoms with Crippen LogP contribution in [-0.2, 0) is 4.79 Å². The monoisotopic (exact) mass is 399 g/mol. The molecule has 0 unspecified atom stereocenters. The minimum atomic E-state index is -0.0647. The molecule has 8 nitrogen and oxygen atoms in total. The van der Waals surface area contributed by atoms with Gasteiger partial charge in [0.25, 0.3) is 0 Å². The van der Waals surface area contributed by atoms with Crippen LogP contribution in [0.15, 0.2) is 29.6 Å². The number of carbonyl (C=O) groups excluding carboxylic acids is 1. The van der Waals surface area contributed by atoms with Gasteiger partial charge in [0.05, 0.1) is 32.2 Å². The molecule has 0 bridgehead atoms. The molecule has 1 saturated heterocycles. The number of ether oxygens (including phenoxy) is 2. The van der Waals surface area contributed by atoms with Crippen molar-refractivity contribution in [1.82, 2.24) is 14.9 Å². The Kier molecular flexibility index (Phi) is 6.21. The van der Waals surface area contributed by atoms with E-state index in [2.05, 4.69) is 9.97 Å². The van der Waals surface area contributed by atoms with Crippen LogP contribution in [0.4, 0.5) is 5.82 Å². The van der Waals surface area contributed by atoms with E-state index in [1.165, 1.54) is 18.0 Å². The van der Waals surface area contributed by atoms with Crippen molar-refractivity contribution in [3.8, 4) is 17.6 Å². The molecule has 2 heterocycles. The number of amides is 1. The number of nitrogen functional groups attached to an aromatic ring is 1. The summed E-state index contributed by atoms with van der Waals surface area (Å²) in [5.41, 5.74) is 6.87. The number of hydrogen-bond donors (Lipinski definition) is 1. The quantitative estimate of drug-likeness (QED) is 0.582. The third-order valence-corrected chi connectivity index (χ3v) is 5.46. The van der Waals surface area contributed by atoms with E-state index in [1.54, 1.807) is 14.2 Å². The highest BCUT2D eigenvalue weighted by Gasteiger charge is 2.32. The number of carbonyl (C=O) groups is 1. The average molecular weight is 399 g/mol. The summed E-state index contributed by atoms with van der Waals surface area (Å²) in [5.74, 6) is 1.76. The Balaban J connectivity index is 1.73. The summed E-state index contributed by atoms with van der Waals surface area (Å²) >= 11 is 1.20. The normalized spacial score (nSPS) is 15.9. The lowest BCUT2D eigenvalue weighted by Gasteiger charge is -2.26. The molecule has 1 aliphatic rings. The molecule has 0 saturated carbocycles. The highest BCUT2D eigenvalue weighted by atomic mass is 32.2. The third kappa shape index (κ3) is 4.12. The molecule has 1 atom stereocenters. The van der Waals surface area contributed by atoms with E-state index in [0.717, 1.165) is 29.9 Å². The molecule has 1 aromatic heterocycles. The van der Waals surface area contributed by atoms with Crippen LogP contribution in [0, 0.1) is 11.3 Å². The van der Waals surface area contributed by atoms with Crippen LogP contribution in [0.5, 0.6) is 11.5 Å². The summed E-state index contributed by atoms with van der Waals surface area (Å²) < 4.78 is 10.8. The zero-order valence-electron chi connectivity index (χ0n) is 15.7. The van der Waals surface area contributed by atoms with Gasteiger partial charge in [0, 0.05) is 12.1 Å². The van der Waals surface area contributed by atoms with Crippen LogP contribution in [0.25, 0.3) is 0 Å². The van der Waals surface area contributed by atoms with Gasteiger partial charge in [0.1, 0.15) is 28.9 Å². The van der Waals surface area contributed by atoms with E-state index >= 15 is 0 Å². The van der Waals surface area contributed by atoms with Gasteiger partial charge in [0.15, 0.2) is 5.16 Å². The van der Waals surface area contributed by atoms with Crippen LogP contribution in [0.1, 0.15) is 30.0 Å². The van der Waals surface area contributed by atoms with Crippen molar-refractivity contribution in [1.29, 1.82) is 5.26 Å². The van der Waals surface area contributed by atoms with Crippen molar-refractivity contribution in [2.24, 2.45) is 0 Å². The number of thioether (sulfide) groups is 1. The lowest BCUT2D eigenvalue weighted by molar-refractivity contribution is -0.129. The first kappa shape index (κ1) is 19.8. The maximum Gasteiger partial charge on any atom is 0.233 e. The number of nitrogens with zero attached hydrogens (tertiary/aromatic N) is 4. The Hall–Kier alpha value is -2.99. The summed E-state index contributed by atoms with van der Waals surface area (Å²) in [6.07, 6.45) is 3.15. The van der Waals surface area contributed by atoms with Gasteiger partial charge < -0.3 is 20.1 Å². The van der Waals surface area contributed by atoms with E-state index in [4.69, 9.17) is 20.5 Å². The SMILES string of the molecule is COc1ccc(OC)c([C@H]2CCCN2C(=O)CSc2ncc(C#N)c(N)n2)c1. The molecule has 1 aromatic carbocycles. The molecule has 0 radical (unpaired) electrons. The summed E-state index contributed by atoms with van der Waals surface area (Å²) in [6.45, 7) is 0.681. The molecule has 146 valence electrons. The summed E-state index contributed by atoms with van der Waals surface area (Å²) in [4.78, 5) is 22.9. The van der Waals surface area contributed by atoms with E-state index in [0.29, 0.717) is 11.7 Å². The van der Waals surface area contributed by atoms with Crippen molar-refractivity contribution in [2.45, 2.75) is 24.0 Å². The maximum absolute atomic E-state index is 12.9. The van der Waals surface area contributed by atoms with Crippen LogP contribution in [-0.4, -0.2) is 47.3 Å². The number of aromatic nitrogens is 2. The Bertz CT molecular complexity index is 915. The first-order chi connectivity index (χ1) is 13.6. The molecule has 3 rings (SSSR count). The Labute approximate surface area is 167 Å². The van der Waals surface area contributed by atoms with Gasteiger partial charge in [-0.2, -0.15) is 5.26 Å². The van der Waals surface area contributed by atoms with Gasteiger partial charge in [-0.25, -0.2) is 9.97 Å². The lowest BCUT2D eigenvalue weighted by Crippen LogP contribution is -2.32. The fourth-order valence-corrected chi connectivity index (χ4v) is 3.94. The first-order valence-corrected chi connectivity index (χ1v) is 9.72. The fourth-order valence-electron chi connectivity index (χ4n) is 3.23. The number of nitrogens with two attached hydrogens (primary N) is 1. The van der Waals surface area contributed by atoms with Gasteiger partial charge in [-0.15, -0.1) is 0 Å². The van der Waals surface area contributed by atoms with Crippen molar-refractivity contribution in [3.05, 3.63) is 35.5 Å². The second-order valence-corrected chi connectivity index (χ2v) is 7.15. The second-order valence-electron chi connectivity index (χ2n) is 6.21. The number of likely N-dealkylation sites (tertiary alicyclic amines) is 1. The second kappa shape index (κ2) is 8.80. The van der Waals surface area contributed by atoms with Gasteiger partial charge in [0.2, 0.25) is 5.91 Å². The molecule has 2 N–H and O–H groups in total. The largest absolute Gasteiger partial charge is 0.497 e. The predicted octanol–water partition coefficient (Wildman–Crippen LogP) is 2.40. The zero-order valence-corrected chi connectivity index (χ0v) is 16.5. The number of methoxy groups -OCH3 is 2. The first-order valence-electron chi connectivity index (χ1n) is 8.74. The topological polar surface area (TPSA) is 114 Å². The maximum atomic E-state index is 12.9. The lowest BCUT2D eigenvalue weighted by atomic mass is 10.0. The van der Waals surface area contributed by atoms with Crippen molar-refractivity contribution in [2.75, 3.05) is 32.3 Å². The third-order valence-electron chi connectivity index (χ3n) is 4.61. The minimum absolute atomic E-state index is 0.0103. The smallest absolute Gasteiger partial charge is 0.233 e. The predicted molar refractivity (Wildman–Crippen MR) is 105 cm³/mol. The molecule has 9 heteroatoms. The Morgan fingerprint density at radius 1 is 1.43 bits per heavy atom. The molecule has 28 heavy (non-hydrogen) atoms. The van der Waals surface area contributed by atoms with Crippen LogP contribution in [0.2, 0.25) is 0 Å². The molecular formula is C19H21N5O3S. The Morgan fingerprint density at radius 3 is 2.93 bits per heavy atom. The van der Waals surface area contributed by atoms with Crippen LogP contribution in [0.3, 0.4) is 0 Å². The van der Waals surface area contributed by atoms with Crippen molar-refractivity contribution >= 4 is 23.5 Å². The number of benzene rings is 1. The summed E-state index contributed by atoms with van der Waals surface area (Å²) in [6, 6.07) is 7.48.